The second-order valence-electron chi connectivity index (χ2n) is 8.69. The van der Waals surface area contributed by atoms with Gasteiger partial charge in [-0.15, -0.1) is 0 Å². The first-order chi connectivity index (χ1) is 14.6. The summed E-state index contributed by atoms with van der Waals surface area (Å²) in [6.45, 7) is 11.5. The minimum atomic E-state index is 0.0909. The summed E-state index contributed by atoms with van der Waals surface area (Å²) < 4.78 is 11.8. The molecule has 0 aromatic heterocycles. The van der Waals surface area contributed by atoms with Crippen LogP contribution in [0.25, 0.3) is 0 Å². The first-order valence-corrected chi connectivity index (χ1v) is 12.3. The van der Waals surface area contributed by atoms with Gasteiger partial charge < -0.3 is 19.7 Å². The quantitative estimate of drug-likeness (QED) is 0.583. The summed E-state index contributed by atoms with van der Waals surface area (Å²) >= 11 is 2.07. The molecule has 3 saturated heterocycles. The van der Waals surface area contributed by atoms with Crippen LogP contribution in [0.4, 0.5) is 0 Å². The van der Waals surface area contributed by atoms with E-state index in [2.05, 4.69) is 63.9 Å². The number of morpholine rings is 2. The monoisotopic (exact) mass is 432 g/mol. The average molecular weight is 433 g/mol. The summed E-state index contributed by atoms with van der Waals surface area (Å²) in [4.78, 5) is 9.65. The summed E-state index contributed by atoms with van der Waals surface area (Å²) in [5, 5.41) is 3.74. The highest BCUT2D eigenvalue weighted by atomic mass is 32.2. The van der Waals surface area contributed by atoms with Gasteiger partial charge in [0.25, 0.3) is 0 Å². The van der Waals surface area contributed by atoms with Gasteiger partial charge >= 0.3 is 0 Å². The van der Waals surface area contributed by atoms with E-state index in [9.17, 15) is 0 Å². The van der Waals surface area contributed by atoms with Crippen molar-refractivity contribution in [3.05, 3.63) is 34.9 Å². The maximum Gasteiger partial charge on any atom is 0.193 e. The van der Waals surface area contributed by atoms with Crippen molar-refractivity contribution in [3.8, 4) is 0 Å². The molecule has 6 nitrogen and oxygen atoms in total. The lowest BCUT2D eigenvalue weighted by Gasteiger charge is -2.44. The van der Waals surface area contributed by atoms with Crippen LogP contribution in [0.2, 0.25) is 0 Å². The van der Waals surface area contributed by atoms with E-state index in [1.807, 2.05) is 7.05 Å². The molecular formula is C23H36N4O2S. The Morgan fingerprint density at radius 2 is 2.07 bits per heavy atom. The van der Waals surface area contributed by atoms with E-state index in [4.69, 9.17) is 9.47 Å². The summed E-state index contributed by atoms with van der Waals surface area (Å²) in [7, 11) is 1.90. The van der Waals surface area contributed by atoms with Crippen molar-refractivity contribution in [3.63, 3.8) is 0 Å². The van der Waals surface area contributed by atoms with E-state index in [0.29, 0.717) is 0 Å². The van der Waals surface area contributed by atoms with Crippen molar-refractivity contribution in [1.82, 2.24) is 15.1 Å². The molecule has 0 radical (unpaired) electrons. The van der Waals surface area contributed by atoms with Gasteiger partial charge in [-0.3, -0.25) is 9.89 Å². The van der Waals surface area contributed by atoms with Gasteiger partial charge in [0.05, 0.1) is 26.4 Å². The second-order valence-corrected chi connectivity index (χ2v) is 9.80. The van der Waals surface area contributed by atoms with E-state index >= 15 is 0 Å². The van der Waals surface area contributed by atoms with Gasteiger partial charge in [-0.25, -0.2) is 0 Å². The van der Waals surface area contributed by atoms with Gasteiger partial charge in [-0.2, -0.15) is 11.8 Å². The van der Waals surface area contributed by atoms with E-state index < -0.39 is 0 Å². The number of rotatable bonds is 4. The van der Waals surface area contributed by atoms with Crippen molar-refractivity contribution in [2.24, 2.45) is 4.99 Å². The second kappa shape index (κ2) is 9.90. The summed E-state index contributed by atoms with van der Waals surface area (Å²) in [6, 6.07) is 6.65. The molecule has 3 heterocycles. The molecule has 0 aliphatic carbocycles. The van der Waals surface area contributed by atoms with E-state index in [1.165, 1.54) is 34.6 Å². The topological polar surface area (TPSA) is 49.3 Å². The van der Waals surface area contributed by atoms with E-state index in [1.54, 1.807) is 0 Å². The number of aryl methyl sites for hydroxylation is 2. The number of benzene rings is 1. The molecule has 0 spiro atoms. The predicted octanol–water partition coefficient (Wildman–Crippen LogP) is 2.46. The number of hydrogen-bond donors (Lipinski definition) is 1. The first kappa shape index (κ1) is 21.9. The number of nitrogens with one attached hydrogen (secondary N) is 1. The number of guanidine groups is 1. The third-order valence-electron chi connectivity index (χ3n) is 6.69. The molecule has 3 fully saturated rings. The van der Waals surface area contributed by atoms with Crippen LogP contribution in [0, 0.1) is 13.8 Å². The van der Waals surface area contributed by atoms with Crippen molar-refractivity contribution >= 4 is 17.7 Å². The summed E-state index contributed by atoms with van der Waals surface area (Å²) in [5.41, 5.74) is 4.10. The molecule has 7 heteroatoms. The Balaban J connectivity index is 1.42. The molecular weight excluding hydrogens is 396 g/mol. The molecule has 2 atom stereocenters. The van der Waals surface area contributed by atoms with Crippen LogP contribution in [0.1, 0.15) is 29.2 Å². The highest BCUT2D eigenvalue weighted by molar-refractivity contribution is 7.99. The Morgan fingerprint density at radius 3 is 2.77 bits per heavy atom. The summed E-state index contributed by atoms with van der Waals surface area (Å²) in [5.74, 6) is 3.42. The van der Waals surface area contributed by atoms with Crippen molar-refractivity contribution in [2.45, 2.75) is 31.9 Å². The fourth-order valence-corrected chi connectivity index (χ4v) is 6.40. The Bertz CT molecular complexity index is 745. The van der Waals surface area contributed by atoms with Crippen LogP contribution in [0.15, 0.2) is 23.2 Å². The minimum Gasteiger partial charge on any atom is -0.379 e. The third-order valence-corrected chi connectivity index (χ3v) is 7.92. The Labute approximate surface area is 185 Å². The third kappa shape index (κ3) is 4.79. The molecule has 3 aliphatic rings. The molecule has 30 heavy (non-hydrogen) atoms. The molecule has 0 amide bonds. The fraction of sp³-hybridized carbons (Fsp3) is 0.696. The Hall–Kier alpha value is -1.28. The van der Waals surface area contributed by atoms with Gasteiger partial charge in [0.1, 0.15) is 6.10 Å². The standard InChI is InChI=1S/C23H36N4O2S/c1-18-4-5-20(19(2)14-18)21-15-26(7-12-29-21)22(24-3)25-16-23(6-13-30-17-23)27-8-10-28-11-9-27/h4-5,14,21H,6-13,15-17H2,1-3H3,(H,24,25). The normalized spacial score (nSPS) is 28.7. The maximum absolute atomic E-state index is 6.15. The summed E-state index contributed by atoms with van der Waals surface area (Å²) in [6.07, 6.45) is 1.32. The number of thioether (sulfide) groups is 1. The number of hydrogen-bond acceptors (Lipinski definition) is 5. The van der Waals surface area contributed by atoms with Gasteiger partial charge in [-0.1, -0.05) is 23.8 Å². The van der Waals surface area contributed by atoms with E-state index in [-0.39, 0.29) is 11.6 Å². The van der Waals surface area contributed by atoms with Crippen molar-refractivity contribution in [1.29, 1.82) is 0 Å². The maximum atomic E-state index is 6.15. The van der Waals surface area contributed by atoms with Crippen LogP contribution >= 0.6 is 11.8 Å². The van der Waals surface area contributed by atoms with Gasteiger partial charge in [0.15, 0.2) is 5.96 Å². The van der Waals surface area contributed by atoms with Gasteiger partial charge in [-0.05, 0) is 37.1 Å². The molecule has 4 rings (SSSR count). The van der Waals surface area contributed by atoms with E-state index in [0.717, 1.165) is 58.5 Å². The zero-order chi connectivity index (χ0) is 21.0. The van der Waals surface area contributed by atoms with Gasteiger partial charge in [0, 0.05) is 44.5 Å². The van der Waals surface area contributed by atoms with Crippen LogP contribution in [-0.4, -0.2) is 92.4 Å². The Kier molecular flexibility index (Phi) is 7.24. The highest BCUT2D eigenvalue weighted by Gasteiger charge is 2.41. The molecule has 1 aromatic rings. The fourth-order valence-electron chi connectivity index (χ4n) is 4.93. The largest absolute Gasteiger partial charge is 0.379 e. The zero-order valence-electron chi connectivity index (χ0n) is 18.7. The smallest absolute Gasteiger partial charge is 0.193 e. The van der Waals surface area contributed by atoms with Crippen LogP contribution in [0.5, 0.6) is 0 Å². The van der Waals surface area contributed by atoms with Crippen LogP contribution in [-0.2, 0) is 9.47 Å². The average Bonchev–Trinajstić information content (AvgIpc) is 3.25. The molecule has 1 aromatic carbocycles. The van der Waals surface area contributed by atoms with Crippen molar-refractivity contribution in [2.75, 3.05) is 71.1 Å². The highest BCUT2D eigenvalue weighted by Crippen LogP contribution is 2.34. The number of ether oxygens (including phenoxy) is 2. The molecule has 166 valence electrons. The van der Waals surface area contributed by atoms with Crippen LogP contribution < -0.4 is 5.32 Å². The molecule has 1 N–H and O–H groups in total. The zero-order valence-corrected chi connectivity index (χ0v) is 19.5. The number of aliphatic imine (C=N–C) groups is 1. The minimum absolute atomic E-state index is 0.0909. The molecule has 2 unspecified atom stereocenters. The first-order valence-electron chi connectivity index (χ1n) is 11.2. The molecule has 0 bridgehead atoms. The SMILES string of the molecule is CN=C(NCC1(N2CCOCC2)CCSC1)N1CCOC(c2ccc(C)cc2C)C1. The lowest BCUT2D eigenvalue weighted by molar-refractivity contribution is -0.0151. The van der Waals surface area contributed by atoms with Crippen molar-refractivity contribution < 1.29 is 9.47 Å². The predicted molar refractivity (Wildman–Crippen MR) is 125 cm³/mol. The van der Waals surface area contributed by atoms with Gasteiger partial charge in [0.2, 0.25) is 0 Å². The molecule has 3 aliphatic heterocycles. The lowest BCUT2D eigenvalue weighted by Crippen LogP contribution is -2.60. The Morgan fingerprint density at radius 1 is 1.23 bits per heavy atom. The van der Waals surface area contributed by atoms with Crippen LogP contribution in [0.3, 0.4) is 0 Å². The molecule has 0 saturated carbocycles. The lowest BCUT2D eigenvalue weighted by atomic mass is 9.95. The number of nitrogens with zero attached hydrogens (tertiary/aromatic N) is 3.